The van der Waals surface area contributed by atoms with Crippen molar-refractivity contribution in [3.05, 3.63) is 26.6 Å². The second-order valence-corrected chi connectivity index (χ2v) is 6.38. The molecule has 1 aromatic heterocycles. The molecule has 0 spiro atoms. The van der Waals surface area contributed by atoms with Gasteiger partial charge in [0.1, 0.15) is 0 Å². The van der Waals surface area contributed by atoms with Crippen LogP contribution in [0.25, 0.3) is 10.1 Å². The SMILES string of the molecule is Nc1cccc2c(C(F)(F)C(F)(F)F)c(I)sc12. The number of halogens is 6. The van der Waals surface area contributed by atoms with Crippen LogP contribution < -0.4 is 5.73 Å². The highest BCUT2D eigenvalue weighted by Gasteiger charge is 2.60. The largest absolute Gasteiger partial charge is 0.458 e. The fourth-order valence-corrected chi connectivity index (χ4v) is 3.82. The Morgan fingerprint density at radius 2 is 1.72 bits per heavy atom. The lowest BCUT2D eigenvalue weighted by Gasteiger charge is -2.19. The zero-order valence-corrected chi connectivity index (χ0v) is 11.5. The van der Waals surface area contributed by atoms with E-state index < -0.39 is 17.7 Å². The monoisotopic (exact) mass is 393 g/mol. The number of rotatable bonds is 1. The summed E-state index contributed by atoms with van der Waals surface area (Å²) in [5.41, 5.74) is 4.75. The van der Waals surface area contributed by atoms with Crippen molar-refractivity contribution >= 4 is 49.7 Å². The maximum Gasteiger partial charge on any atom is 0.458 e. The molecule has 1 aromatic carbocycles. The number of hydrogen-bond donors (Lipinski definition) is 1. The minimum atomic E-state index is -5.62. The topological polar surface area (TPSA) is 26.0 Å². The molecule has 0 saturated heterocycles. The lowest BCUT2D eigenvalue weighted by atomic mass is 10.1. The van der Waals surface area contributed by atoms with Crippen LogP contribution in [0.15, 0.2) is 18.2 Å². The van der Waals surface area contributed by atoms with Crippen LogP contribution in [-0.2, 0) is 5.92 Å². The van der Waals surface area contributed by atoms with Crippen molar-refractivity contribution < 1.29 is 22.0 Å². The summed E-state index contributed by atoms with van der Waals surface area (Å²) < 4.78 is 64.3. The van der Waals surface area contributed by atoms with E-state index >= 15 is 0 Å². The quantitative estimate of drug-likeness (QED) is 0.423. The van der Waals surface area contributed by atoms with Gasteiger partial charge in [0, 0.05) is 11.1 Å². The molecule has 0 atom stereocenters. The Hall–Kier alpha value is -0.640. The second kappa shape index (κ2) is 4.19. The molecule has 1 heterocycles. The first-order valence-electron chi connectivity index (χ1n) is 4.57. The molecule has 2 N–H and O–H groups in total. The Kier molecular flexibility index (Phi) is 3.21. The van der Waals surface area contributed by atoms with E-state index in [9.17, 15) is 22.0 Å². The van der Waals surface area contributed by atoms with E-state index in [1.807, 2.05) is 0 Å². The van der Waals surface area contributed by atoms with Crippen molar-refractivity contribution in [3.63, 3.8) is 0 Å². The van der Waals surface area contributed by atoms with Gasteiger partial charge in [-0.25, -0.2) is 0 Å². The number of alkyl halides is 5. The molecule has 0 saturated carbocycles. The number of anilines is 1. The third-order valence-electron chi connectivity index (χ3n) is 2.37. The highest BCUT2D eigenvalue weighted by Crippen LogP contribution is 2.50. The van der Waals surface area contributed by atoms with Crippen LogP contribution in [0, 0.1) is 2.88 Å². The number of hydrogen-bond acceptors (Lipinski definition) is 2. The normalized spacial score (nSPS) is 13.2. The molecule has 2 rings (SSSR count). The Labute approximate surface area is 116 Å². The van der Waals surface area contributed by atoms with Crippen LogP contribution in [0.4, 0.5) is 27.6 Å². The summed E-state index contributed by atoms with van der Waals surface area (Å²) in [6.07, 6.45) is -5.62. The van der Waals surface area contributed by atoms with Gasteiger partial charge in [-0.2, -0.15) is 22.0 Å². The lowest BCUT2D eigenvalue weighted by molar-refractivity contribution is -0.288. The third-order valence-corrected chi connectivity index (χ3v) is 4.62. The van der Waals surface area contributed by atoms with Crippen LogP contribution in [0.3, 0.4) is 0 Å². The van der Waals surface area contributed by atoms with Crippen LogP contribution >= 0.6 is 33.9 Å². The highest BCUT2D eigenvalue weighted by molar-refractivity contribution is 14.1. The zero-order valence-electron chi connectivity index (χ0n) is 8.49. The van der Waals surface area contributed by atoms with E-state index in [1.54, 1.807) is 0 Å². The van der Waals surface area contributed by atoms with Crippen LogP contribution in [0.1, 0.15) is 5.56 Å². The van der Waals surface area contributed by atoms with Crippen molar-refractivity contribution in [2.24, 2.45) is 0 Å². The molecule has 98 valence electrons. The Balaban J connectivity index is 2.80. The summed E-state index contributed by atoms with van der Waals surface area (Å²) in [5, 5.41) is -0.147. The van der Waals surface area contributed by atoms with Crippen LogP contribution in [0.5, 0.6) is 0 Å². The fourth-order valence-electron chi connectivity index (χ4n) is 1.55. The number of nitrogens with two attached hydrogens (primary N) is 1. The molecule has 0 fully saturated rings. The molecule has 0 aliphatic heterocycles. The summed E-state index contributed by atoms with van der Waals surface area (Å²) in [4.78, 5) is 0. The molecule has 0 aliphatic carbocycles. The fraction of sp³-hybridized carbons (Fsp3) is 0.200. The van der Waals surface area contributed by atoms with Crippen molar-refractivity contribution in [1.29, 1.82) is 0 Å². The number of nitrogen functional groups attached to an aromatic ring is 1. The maximum absolute atomic E-state index is 13.5. The van der Waals surface area contributed by atoms with Crippen molar-refractivity contribution in [2.75, 3.05) is 5.73 Å². The number of benzene rings is 1. The first kappa shape index (κ1) is 13.8. The molecular formula is C10H5F5INS. The van der Waals surface area contributed by atoms with Crippen LogP contribution in [0.2, 0.25) is 0 Å². The molecule has 8 heteroatoms. The predicted molar refractivity (Wildman–Crippen MR) is 68.9 cm³/mol. The second-order valence-electron chi connectivity index (χ2n) is 3.55. The molecular weight excluding hydrogens is 388 g/mol. The standard InChI is InChI=1S/C10H5F5INS/c11-9(12,10(13,14)15)6-4-2-1-3-5(17)7(4)18-8(6)16/h1-3H,17H2. The van der Waals surface area contributed by atoms with Gasteiger partial charge in [0.25, 0.3) is 0 Å². The molecule has 0 unspecified atom stereocenters. The van der Waals surface area contributed by atoms with Crippen LogP contribution in [-0.4, -0.2) is 6.18 Å². The summed E-state index contributed by atoms with van der Waals surface area (Å²) in [6.45, 7) is 0. The summed E-state index contributed by atoms with van der Waals surface area (Å²) in [5.74, 6) is -4.88. The molecule has 0 aliphatic rings. The van der Waals surface area contributed by atoms with Gasteiger partial charge in [0.05, 0.1) is 13.1 Å². The van der Waals surface area contributed by atoms with E-state index in [0.717, 1.165) is 11.3 Å². The van der Waals surface area contributed by atoms with Gasteiger partial charge in [0.15, 0.2) is 0 Å². The summed E-state index contributed by atoms with van der Waals surface area (Å²) >= 11 is 2.31. The van der Waals surface area contributed by atoms with Gasteiger partial charge in [-0.15, -0.1) is 11.3 Å². The molecule has 2 aromatic rings. The minimum Gasteiger partial charge on any atom is -0.398 e. The molecule has 1 nitrogen and oxygen atoms in total. The summed E-state index contributed by atoms with van der Waals surface area (Å²) in [6, 6.07) is 4.04. The average Bonchev–Trinajstić information content (AvgIpc) is 2.54. The Morgan fingerprint density at radius 3 is 2.28 bits per heavy atom. The Morgan fingerprint density at radius 1 is 1.11 bits per heavy atom. The highest BCUT2D eigenvalue weighted by atomic mass is 127. The smallest absolute Gasteiger partial charge is 0.398 e. The van der Waals surface area contributed by atoms with E-state index in [4.69, 9.17) is 5.73 Å². The summed E-state index contributed by atoms with van der Waals surface area (Å²) in [7, 11) is 0. The van der Waals surface area contributed by atoms with Gasteiger partial charge in [-0.05, 0) is 28.7 Å². The lowest BCUT2D eigenvalue weighted by Crippen LogP contribution is -2.34. The number of fused-ring (bicyclic) bond motifs is 1. The van der Waals surface area contributed by atoms with Crippen molar-refractivity contribution in [1.82, 2.24) is 0 Å². The van der Waals surface area contributed by atoms with Crippen molar-refractivity contribution in [2.45, 2.75) is 12.1 Å². The predicted octanol–water partition coefficient (Wildman–Crippen LogP) is 4.74. The zero-order chi connectivity index (χ0) is 13.7. The molecule has 18 heavy (non-hydrogen) atoms. The van der Waals surface area contributed by atoms with E-state index in [2.05, 4.69) is 0 Å². The van der Waals surface area contributed by atoms with Gasteiger partial charge in [-0.1, -0.05) is 12.1 Å². The van der Waals surface area contributed by atoms with Gasteiger partial charge >= 0.3 is 12.1 Å². The van der Waals surface area contributed by atoms with Crippen molar-refractivity contribution in [3.8, 4) is 0 Å². The molecule has 0 bridgehead atoms. The van der Waals surface area contributed by atoms with Gasteiger partial charge in [0.2, 0.25) is 0 Å². The molecule has 0 amide bonds. The third kappa shape index (κ3) is 1.94. The Bertz CT molecular complexity index is 604. The van der Waals surface area contributed by atoms with E-state index in [0.29, 0.717) is 0 Å². The molecule has 0 radical (unpaired) electrons. The van der Waals surface area contributed by atoms with E-state index in [1.165, 1.54) is 40.8 Å². The van der Waals surface area contributed by atoms with Gasteiger partial charge in [-0.3, -0.25) is 0 Å². The maximum atomic E-state index is 13.5. The number of thiophene rings is 1. The first-order chi connectivity index (χ1) is 8.16. The minimum absolute atomic E-state index is 0.108. The first-order valence-corrected chi connectivity index (χ1v) is 6.47. The van der Waals surface area contributed by atoms with Gasteiger partial charge < -0.3 is 5.73 Å². The average molecular weight is 393 g/mol. The van der Waals surface area contributed by atoms with E-state index in [-0.39, 0.29) is 18.7 Å².